The summed E-state index contributed by atoms with van der Waals surface area (Å²) in [7, 11) is 1.58. The number of urea groups is 1. The summed E-state index contributed by atoms with van der Waals surface area (Å²) in [6.45, 7) is 8.78. The number of carbonyl (C=O) groups excluding carboxylic acids is 1. The number of carboxylic acid groups (broad SMARTS) is 1. The van der Waals surface area contributed by atoms with Crippen LogP contribution in [0.4, 0.5) is 4.79 Å². The maximum Gasteiger partial charge on any atom is 0.323 e. The average Bonchev–Trinajstić information content (AvgIpc) is 2.26. The first-order chi connectivity index (χ1) is 8.79. The van der Waals surface area contributed by atoms with E-state index in [1.807, 2.05) is 27.7 Å². The normalized spacial score (nSPS) is 10.9. The summed E-state index contributed by atoms with van der Waals surface area (Å²) in [4.78, 5) is 26.3. The van der Waals surface area contributed by atoms with Crippen molar-refractivity contribution in [3.8, 4) is 0 Å². The molecule has 0 rings (SSSR count). The number of ether oxygens (including phenoxy) is 1. The molecular formula is C13H26N2O4. The van der Waals surface area contributed by atoms with Gasteiger partial charge in [-0.1, -0.05) is 13.8 Å². The number of carboxylic acids is 1. The van der Waals surface area contributed by atoms with Crippen LogP contribution in [0.1, 0.15) is 27.7 Å². The number of nitrogens with zero attached hydrogens (tertiary/aromatic N) is 2. The first-order valence-electron chi connectivity index (χ1n) is 6.55. The van der Waals surface area contributed by atoms with Gasteiger partial charge in [-0.25, -0.2) is 4.79 Å². The summed E-state index contributed by atoms with van der Waals surface area (Å²) >= 11 is 0. The first-order valence-corrected chi connectivity index (χ1v) is 6.55. The van der Waals surface area contributed by atoms with Gasteiger partial charge >= 0.3 is 12.0 Å². The molecular weight excluding hydrogens is 248 g/mol. The van der Waals surface area contributed by atoms with Crippen molar-refractivity contribution in [1.82, 2.24) is 9.80 Å². The monoisotopic (exact) mass is 274 g/mol. The third-order valence-electron chi connectivity index (χ3n) is 2.59. The van der Waals surface area contributed by atoms with E-state index in [0.29, 0.717) is 19.7 Å². The minimum absolute atomic E-state index is 0.00565. The zero-order chi connectivity index (χ0) is 15.0. The predicted molar refractivity (Wildman–Crippen MR) is 73.2 cm³/mol. The highest BCUT2D eigenvalue weighted by atomic mass is 16.5. The third-order valence-corrected chi connectivity index (χ3v) is 2.59. The number of rotatable bonds is 8. The quantitative estimate of drug-likeness (QED) is 0.728. The lowest BCUT2D eigenvalue weighted by Crippen LogP contribution is -2.50. The molecule has 0 aliphatic rings. The number of carbonyl (C=O) groups is 2. The van der Waals surface area contributed by atoms with Crippen molar-refractivity contribution in [3.63, 3.8) is 0 Å². The second kappa shape index (κ2) is 8.74. The molecule has 0 bridgehead atoms. The Hall–Kier alpha value is -1.30. The van der Waals surface area contributed by atoms with E-state index in [1.54, 1.807) is 12.0 Å². The molecule has 0 unspecified atom stereocenters. The van der Waals surface area contributed by atoms with Gasteiger partial charge < -0.3 is 19.6 Å². The van der Waals surface area contributed by atoms with Gasteiger partial charge in [0, 0.05) is 26.2 Å². The lowest BCUT2D eigenvalue weighted by Gasteiger charge is -2.33. The van der Waals surface area contributed by atoms with Gasteiger partial charge in [0.15, 0.2) is 0 Å². The Labute approximate surface area is 115 Å². The molecule has 0 saturated heterocycles. The molecule has 112 valence electrons. The molecule has 0 spiro atoms. The largest absolute Gasteiger partial charge is 0.480 e. The number of hydrogen-bond acceptors (Lipinski definition) is 3. The van der Waals surface area contributed by atoms with Gasteiger partial charge in [0.2, 0.25) is 0 Å². The van der Waals surface area contributed by atoms with Crippen LogP contribution in [0.15, 0.2) is 0 Å². The molecule has 0 aliphatic carbocycles. The van der Waals surface area contributed by atoms with Crippen molar-refractivity contribution in [2.24, 2.45) is 5.92 Å². The molecule has 1 N–H and O–H groups in total. The standard InChI is InChI=1S/C13H26N2O4/c1-10(2)8-14(9-12(16)17)13(18)15(11(3)4)6-7-19-5/h10-11H,6-9H2,1-5H3,(H,16,17). The minimum atomic E-state index is -0.996. The number of amides is 2. The van der Waals surface area contributed by atoms with Crippen LogP contribution in [0.5, 0.6) is 0 Å². The number of hydrogen-bond donors (Lipinski definition) is 1. The fraction of sp³-hybridized carbons (Fsp3) is 0.846. The Morgan fingerprint density at radius 1 is 1.21 bits per heavy atom. The molecule has 0 aliphatic heterocycles. The molecule has 0 atom stereocenters. The third kappa shape index (κ3) is 7.00. The van der Waals surface area contributed by atoms with Crippen LogP contribution in [0.3, 0.4) is 0 Å². The number of aliphatic carboxylic acids is 1. The summed E-state index contributed by atoms with van der Waals surface area (Å²) in [5.41, 5.74) is 0. The second-order valence-corrected chi connectivity index (χ2v) is 5.23. The lowest BCUT2D eigenvalue weighted by atomic mass is 10.2. The lowest BCUT2D eigenvalue weighted by molar-refractivity contribution is -0.137. The molecule has 0 saturated carbocycles. The predicted octanol–water partition coefficient (Wildman–Crippen LogP) is 1.51. The highest BCUT2D eigenvalue weighted by molar-refractivity contribution is 5.80. The van der Waals surface area contributed by atoms with Gasteiger partial charge in [0.1, 0.15) is 6.54 Å². The molecule has 0 radical (unpaired) electrons. The second-order valence-electron chi connectivity index (χ2n) is 5.23. The fourth-order valence-corrected chi connectivity index (χ4v) is 1.76. The van der Waals surface area contributed by atoms with Crippen LogP contribution < -0.4 is 0 Å². The Bertz CT molecular complexity index is 292. The van der Waals surface area contributed by atoms with Gasteiger partial charge in [-0.15, -0.1) is 0 Å². The maximum atomic E-state index is 12.4. The van der Waals surface area contributed by atoms with Gasteiger partial charge in [-0.3, -0.25) is 4.79 Å². The highest BCUT2D eigenvalue weighted by Crippen LogP contribution is 2.07. The summed E-state index contributed by atoms with van der Waals surface area (Å²) in [6.07, 6.45) is 0. The molecule has 19 heavy (non-hydrogen) atoms. The molecule has 0 fully saturated rings. The molecule has 0 aromatic heterocycles. The van der Waals surface area contributed by atoms with Crippen LogP contribution in [-0.4, -0.2) is 66.3 Å². The Balaban J connectivity index is 4.83. The molecule has 0 aromatic rings. The Kier molecular flexibility index (Phi) is 8.14. The zero-order valence-electron chi connectivity index (χ0n) is 12.5. The maximum absolute atomic E-state index is 12.4. The van der Waals surface area contributed by atoms with Gasteiger partial charge in [-0.05, 0) is 19.8 Å². The van der Waals surface area contributed by atoms with Crippen LogP contribution in [-0.2, 0) is 9.53 Å². The van der Waals surface area contributed by atoms with E-state index in [2.05, 4.69) is 0 Å². The SMILES string of the molecule is COCCN(C(=O)N(CC(=O)O)CC(C)C)C(C)C. The first kappa shape index (κ1) is 17.7. The van der Waals surface area contributed by atoms with Crippen LogP contribution in [0.2, 0.25) is 0 Å². The van der Waals surface area contributed by atoms with Crippen LogP contribution >= 0.6 is 0 Å². The van der Waals surface area contributed by atoms with Crippen molar-refractivity contribution >= 4 is 12.0 Å². The van der Waals surface area contributed by atoms with Crippen molar-refractivity contribution in [1.29, 1.82) is 0 Å². The van der Waals surface area contributed by atoms with E-state index in [0.717, 1.165) is 0 Å². The summed E-state index contributed by atoms with van der Waals surface area (Å²) < 4.78 is 4.99. The van der Waals surface area contributed by atoms with E-state index in [1.165, 1.54) is 4.90 Å². The molecule has 6 nitrogen and oxygen atoms in total. The van der Waals surface area contributed by atoms with Crippen LogP contribution in [0, 0.1) is 5.92 Å². The van der Waals surface area contributed by atoms with Crippen molar-refractivity contribution in [3.05, 3.63) is 0 Å². The van der Waals surface area contributed by atoms with E-state index in [9.17, 15) is 9.59 Å². The van der Waals surface area contributed by atoms with E-state index in [4.69, 9.17) is 9.84 Å². The van der Waals surface area contributed by atoms with Crippen molar-refractivity contribution < 1.29 is 19.4 Å². The van der Waals surface area contributed by atoms with E-state index in [-0.39, 0.29) is 24.5 Å². The van der Waals surface area contributed by atoms with E-state index >= 15 is 0 Å². The Morgan fingerprint density at radius 2 is 1.79 bits per heavy atom. The van der Waals surface area contributed by atoms with Crippen LogP contribution in [0.25, 0.3) is 0 Å². The molecule has 0 heterocycles. The topological polar surface area (TPSA) is 70.1 Å². The minimum Gasteiger partial charge on any atom is -0.480 e. The van der Waals surface area contributed by atoms with Gasteiger partial charge in [0.05, 0.1) is 6.61 Å². The van der Waals surface area contributed by atoms with Gasteiger partial charge in [-0.2, -0.15) is 0 Å². The smallest absolute Gasteiger partial charge is 0.323 e. The summed E-state index contributed by atoms with van der Waals surface area (Å²) in [5, 5.41) is 8.91. The summed E-state index contributed by atoms with van der Waals surface area (Å²) in [5.74, 6) is -0.774. The molecule has 0 aromatic carbocycles. The Morgan fingerprint density at radius 3 is 2.16 bits per heavy atom. The highest BCUT2D eigenvalue weighted by Gasteiger charge is 2.25. The molecule has 6 heteroatoms. The summed E-state index contributed by atoms with van der Waals surface area (Å²) in [6, 6.07) is -0.241. The van der Waals surface area contributed by atoms with Crippen molar-refractivity contribution in [2.45, 2.75) is 33.7 Å². The zero-order valence-corrected chi connectivity index (χ0v) is 12.5. The fourth-order valence-electron chi connectivity index (χ4n) is 1.76. The van der Waals surface area contributed by atoms with Crippen molar-refractivity contribution in [2.75, 3.05) is 33.4 Å². The average molecular weight is 274 g/mol. The van der Waals surface area contributed by atoms with Gasteiger partial charge in [0.25, 0.3) is 0 Å². The number of methoxy groups -OCH3 is 1. The van der Waals surface area contributed by atoms with E-state index < -0.39 is 5.97 Å². The molecule has 2 amide bonds.